The second-order valence-corrected chi connectivity index (χ2v) is 10.2. The summed E-state index contributed by atoms with van der Waals surface area (Å²) >= 11 is 0. The van der Waals surface area contributed by atoms with Crippen LogP contribution in [0.15, 0.2) is 53.3 Å². The molecule has 1 N–H and O–H groups in total. The van der Waals surface area contributed by atoms with Crippen molar-refractivity contribution in [3.05, 3.63) is 70.7 Å². The number of aliphatic imine (C=N–C) groups is 1. The van der Waals surface area contributed by atoms with Crippen LogP contribution in [0.5, 0.6) is 0 Å². The zero-order valence-corrected chi connectivity index (χ0v) is 23.1. The summed E-state index contributed by atoms with van der Waals surface area (Å²) in [6, 6.07) is 11.9. The van der Waals surface area contributed by atoms with Crippen LogP contribution < -0.4 is 5.32 Å². The van der Waals surface area contributed by atoms with Gasteiger partial charge in [-0.2, -0.15) is 5.26 Å². The zero-order valence-electron chi connectivity index (χ0n) is 23.1. The lowest BCUT2D eigenvalue weighted by Crippen LogP contribution is -2.54. The predicted octanol–water partition coefficient (Wildman–Crippen LogP) is 4.99. The molecule has 1 aromatic carbocycles. The molecule has 2 aliphatic heterocycles. The maximum Gasteiger partial charge on any atom is 0.409 e. The van der Waals surface area contributed by atoms with Crippen molar-refractivity contribution < 1.29 is 19.1 Å². The van der Waals surface area contributed by atoms with Crippen LogP contribution in [-0.2, 0) is 15.9 Å². The van der Waals surface area contributed by atoms with Crippen LogP contribution in [0.2, 0.25) is 0 Å². The Balaban J connectivity index is 1.38. The smallest absolute Gasteiger partial charge is 0.409 e. The van der Waals surface area contributed by atoms with Crippen molar-refractivity contribution >= 4 is 34.9 Å². The number of likely N-dealkylation sites (tertiary alicyclic amines) is 1. The highest BCUT2D eigenvalue weighted by molar-refractivity contribution is 6.04. The van der Waals surface area contributed by atoms with Gasteiger partial charge in [0, 0.05) is 37.0 Å². The first-order valence-corrected chi connectivity index (χ1v) is 13.3. The highest BCUT2D eigenvalue weighted by Crippen LogP contribution is 2.33. The van der Waals surface area contributed by atoms with E-state index >= 15 is 0 Å². The Morgan fingerprint density at radius 1 is 1.23 bits per heavy atom. The molecular weight excluding hydrogens is 508 g/mol. The van der Waals surface area contributed by atoms with E-state index in [9.17, 15) is 9.59 Å². The van der Waals surface area contributed by atoms with Crippen molar-refractivity contribution in [3.8, 4) is 6.07 Å². The number of hydrogen-bond donors (Lipinski definition) is 1. The number of unbranched alkanes of at least 4 members (excludes halogenated alkanes) is 1. The normalized spacial score (nSPS) is 17.1. The van der Waals surface area contributed by atoms with Crippen LogP contribution in [0.25, 0.3) is 11.3 Å². The molecule has 5 rings (SSSR count). The van der Waals surface area contributed by atoms with Gasteiger partial charge in [-0.15, -0.1) is 0 Å². The third kappa shape index (κ3) is 5.27. The Morgan fingerprint density at radius 2 is 2.02 bits per heavy atom. The van der Waals surface area contributed by atoms with Crippen molar-refractivity contribution in [1.82, 2.24) is 14.3 Å². The van der Waals surface area contributed by atoms with Crippen LogP contribution in [0, 0.1) is 24.2 Å². The largest absolute Gasteiger partial charge is 0.473 e. The average molecular weight is 541 g/mol. The number of nitrogens with one attached hydrogen (secondary N) is 1. The lowest BCUT2D eigenvalue weighted by atomic mass is 9.97. The van der Waals surface area contributed by atoms with Gasteiger partial charge in [0.05, 0.1) is 31.0 Å². The fraction of sp³-hybridized carbons (Fsp3) is 0.367. The molecule has 10 nitrogen and oxygen atoms in total. The molecule has 1 unspecified atom stereocenters. The van der Waals surface area contributed by atoms with Gasteiger partial charge in [-0.1, -0.05) is 18.2 Å². The molecule has 1 atom stereocenters. The number of carbonyl (C=O) groups excluding carboxylic acids is 2. The number of benzene rings is 1. The predicted molar refractivity (Wildman–Crippen MR) is 151 cm³/mol. The first-order valence-electron chi connectivity index (χ1n) is 13.3. The number of hydrogen-bond acceptors (Lipinski definition) is 7. The fourth-order valence-electron chi connectivity index (χ4n) is 4.88. The van der Waals surface area contributed by atoms with Gasteiger partial charge in [-0.25, -0.2) is 14.8 Å². The van der Waals surface area contributed by atoms with Gasteiger partial charge in [0.15, 0.2) is 5.90 Å². The number of amides is 2. The van der Waals surface area contributed by atoms with Gasteiger partial charge < -0.3 is 19.7 Å². The molecule has 206 valence electrons. The minimum absolute atomic E-state index is 0.00853. The summed E-state index contributed by atoms with van der Waals surface area (Å²) in [5.74, 6) is 0.347. The van der Waals surface area contributed by atoms with E-state index in [0.717, 1.165) is 40.8 Å². The van der Waals surface area contributed by atoms with E-state index < -0.39 is 0 Å². The standard InChI is InChI=1S/C30H32N6O4/c1-18-8-10-22(27-19(2)20(3)40-29(34-27)23-16-35(17-23)30(38)39-4)13-24(18)33-28(37)25-14-32-26-11-9-21(15-36(25)26)7-5-6-12-31/h8-11,13-15,20,23H,5-7,16-17H2,1-4H3,(H,33,37). The van der Waals surface area contributed by atoms with Gasteiger partial charge >= 0.3 is 6.09 Å². The van der Waals surface area contributed by atoms with Crippen LogP contribution in [0.4, 0.5) is 10.5 Å². The SMILES string of the molecule is COC(=O)N1CC(C2=NC(c3ccc(C)c(NC(=O)c4cnc5ccc(CCCC#N)cn45)c3)=C(C)C(C)O2)C1. The van der Waals surface area contributed by atoms with Crippen molar-refractivity contribution in [2.75, 3.05) is 25.5 Å². The Hall–Kier alpha value is -4.65. The third-order valence-corrected chi connectivity index (χ3v) is 7.48. The minimum Gasteiger partial charge on any atom is -0.473 e. The summed E-state index contributed by atoms with van der Waals surface area (Å²) in [5, 5.41) is 11.9. The number of pyridine rings is 1. The molecule has 3 aromatic rings. The summed E-state index contributed by atoms with van der Waals surface area (Å²) in [5.41, 5.74) is 6.40. The molecule has 0 bridgehead atoms. The summed E-state index contributed by atoms with van der Waals surface area (Å²) in [4.78, 5) is 36.0. The molecule has 1 saturated heterocycles. The maximum absolute atomic E-state index is 13.4. The molecule has 2 aromatic heterocycles. The average Bonchev–Trinajstić information content (AvgIpc) is 3.34. The molecule has 0 aliphatic carbocycles. The molecule has 10 heteroatoms. The van der Waals surface area contributed by atoms with E-state index in [1.807, 2.05) is 57.3 Å². The monoisotopic (exact) mass is 540 g/mol. The number of aryl methyl sites for hydroxylation is 2. The number of anilines is 1. The molecule has 1 fully saturated rings. The summed E-state index contributed by atoms with van der Waals surface area (Å²) in [7, 11) is 1.37. The molecule has 0 radical (unpaired) electrons. The van der Waals surface area contributed by atoms with E-state index in [1.165, 1.54) is 7.11 Å². The second kappa shape index (κ2) is 11.2. The van der Waals surface area contributed by atoms with Gasteiger partial charge in [0.1, 0.15) is 17.4 Å². The van der Waals surface area contributed by atoms with E-state index in [0.29, 0.717) is 42.4 Å². The fourth-order valence-corrected chi connectivity index (χ4v) is 4.88. The van der Waals surface area contributed by atoms with Gasteiger partial charge in [0.25, 0.3) is 5.91 Å². The Morgan fingerprint density at radius 3 is 2.77 bits per heavy atom. The third-order valence-electron chi connectivity index (χ3n) is 7.48. The molecule has 0 saturated carbocycles. The first kappa shape index (κ1) is 26.9. The second-order valence-electron chi connectivity index (χ2n) is 10.2. The Bertz CT molecular complexity index is 1570. The number of nitriles is 1. The van der Waals surface area contributed by atoms with E-state index in [-0.39, 0.29) is 24.0 Å². The number of nitrogens with zero attached hydrogens (tertiary/aromatic N) is 5. The van der Waals surface area contributed by atoms with Crippen LogP contribution in [-0.4, -0.2) is 58.5 Å². The van der Waals surface area contributed by atoms with Crippen molar-refractivity contribution in [2.24, 2.45) is 10.9 Å². The van der Waals surface area contributed by atoms with Crippen molar-refractivity contribution in [1.29, 1.82) is 5.26 Å². The maximum atomic E-state index is 13.4. The van der Waals surface area contributed by atoms with Gasteiger partial charge in [-0.05, 0) is 62.4 Å². The van der Waals surface area contributed by atoms with Gasteiger partial charge in [-0.3, -0.25) is 9.20 Å². The highest BCUT2D eigenvalue weighted by atomic mass is 16.5. The molecular formula is C30H32N6O4. The number of fused-ring (bicyclic) bond motifs is 1. The molecule has 40 heavy (non-hydrogen) atoms. The van der Waals surface area contributed by atoms with Gasteiger partial charge in [0.2, 0.25) is 0 Å². The summed E-state index contributed by atoms with van der Waals surface area (Å²) < 4.78 is 12.7. The number of ether oxygens (including phenoxy) is 2. The lowest BCUT2D eigenvalue weighted by Gasteiger charge is -2.39. The number of carbonyl (C=O) groups is 2. The zero-order chi connectivity index (χ0) is 28.4. The van der Waals surface area contributed by atoms with Crippen molar-refractivity contribution in [2.45, 2.75) is 46.1 Å². The summed E-state index contributed by atoms with van der Waals surface area (Å²) in [6.45, 7) is 6.92. The van der Waals surface area contributed by atoms with E-state index in [1.54, 1.807) is 15.5 Å². The van der Waals surface area contributed by atoms with Crippen LogP contribution in [0.1, 0.15) is 53.9 Å². The number of rotatable bonds is 7. The Kier molecular flexibility index (Phi) is 7.56. The topological polar surface area (TPSA) is 121 Å². The number of imidazole rings is 1. The number of methoxy groups -OCH3 is 1. The minimum atomic E-state index is -0.354. The molecule has 4 heterocycles. The Labute approximate surface area is 232 Å². The highest BCUT2D eigenvalue weighted by Gasteiger charge is 2.38. The van der Waals surface area contributed by atoms with Crippen molar-refractivity contribution in [3.63, 3.8) is 0 Å². The van der Waals surface area contributed by atoms with E-state index in [2.05, 4.69) is 16.4 Å². The quantitative estimate of drug-likeness (QED) is 0.422. The first-order chi connectivity index (χ1) is 19.3. The number of aromatic nitrogens is 2. The lowest BCUT2D eigenvalue weighted by molar-refractivity contribution is 0.0755. The summed E-state index contributed by atoms with van der Waals surface area (Å²) in [6.07, 6.45) is 4.96. The van der Waals surface area contributed by atoms with E-state index in [4.69, 9.17) is 19.7 Å². The molecule has 2 aliphatic rings. The van der Waals surface area contributed by atoms with Crippen LogP contribution in [0.3, 0.4) is 0 Å². The molecule has 2 amide bonds. The van der Waals surface area contributed by atoms with Crippen LogP contribution >= 0.6 is 0 Å². The molecule has 0 spiro atoms.